The smallest absolute Gasteiger partial charge is 0.414 e. The van der Waals surface area contributed by atoms with Gasteiger partial charge in [-0.15, -0.1) is 5.10 Å². The van der Waals surface area contributed by atoms with E-state index in [1.807, 2.05) is 50.9 Å². The fourth-order valence-corrected chi connectivity index (χ4v) is 12.8. The van der Waals surface area contributed by atoms with Crippen LogP contribution in [0.3, 0.4) is 0 Å². The van der Waals surface area contributed by atoms with Gasteiger partial charge in [0.1, 0.15) is 41.9 Å². The number of carbonyl (C=O) groups excluding carboxylic acids is 2. The van der Waals surface area contributed by atoms with Gasteiger partial charge in [-0.3, -0.25) is 9.69 Å². The molecule has 0 radical (unpaired) electrons. The number of hydrogen-bond acceptors (Lipinski definition) is 20. The molecular weight excluding hydrogens is 1040 g/mol. The van der Waals surface area contributed by atoms with E-state index in [0.29, 0.717) is 63.6 Å². The van der Waals surface area contributed by atoms with E-state index in [2.05, 4.69) is 15.2 Å². The van der Waals surface area contributed by atoms with E-state index >= 15 is 4.39 Å². The highest BCUT2D eigenvalue weighted by molar-refractivity contribution is 5.90. The van der Waals surface area contributed by atoms with E-state index in [1.165, 1.54) is 25.0 Å². The molecular formula is C57H94FN7O15. The number of halogens is 1. The monoisotopic (exact) mass is 1140 g/mol. The van der Waals surface area contributed by atoms with Gasteiger partial charge in [-0.05, 0) is 132 Å². The molecule has 5 N–H and O–H groups in total. The Kier molecular flexibility index (Phi) is 21.5. The Hall–Kier alpha value is -3.69. The van der Waals surface area contributed by atoms with Gasteiger partial charge in [0.05, 0.1) is 84.9 Å². The summed E-state index contributed by atoms with van der Waals surface area (Å²) in [5.41, 5.74) is -2.90. The molecule has 454 valence electrons. The number of cyclic esters (lactones) is 2. The van der Waals surface area contributed by atoms with Crippen molar-refractivity contribution < 1.29 is 77.4 Å². The van der Waals surface area contributed by atoms with Crippen LogP contribution in [0.5, 0.6) is 0 Å². The molecule has 1 aromatic heterocycles. The van der Waals surface area contributed by atoms with Gasteiger partial charge in [-0.1, -0.05) is 26.0 Å². The Balaban J connectivity index is 1.02. The first-order valence-electron chi connectivity index (χ1n) is 28.9. The fourth-order valence-electron chi connectivity index (χ4n) is 12.8. The number of nitrogens with zero attached hydrogens (tertiary/aromatic N) is 7. The minimum atomic E-state index is -1.85. The van der Waals surface area contributed by atoms with E-state index in [0.717, 1.165) is 18.5 Å². The van der Waals surface area contributed by atoms with E-state index in [-0.39, 0.29) is 44.4 Å². The SMILES string of the molecule is CC[C@H]1OC(=O)[C@H](C)[C@@H](O[C@H]2C[C@@](C)(OC)[C@@H](O)[C@H](C)O2)[C@H](C)[C@@H](OC2O[C@H](C)C[C@H](N(C)CCCCc3cn(C[C@H]4CN(c5ccc(N6CCOCC6)c(F)c5)C(=O)O4)nn3)[C@H]2O)[C@](C)(O)C[C@@H](C)CN(C)[C@H](C)[C@@H](O)[C@]1(C)O. The van der Waals surface area contributed by atoms with Crippen molar-refractivity contribution in [2.24, 2.45) is 17.8 Å². The summed E-state index contributed by atoms with van der Waals surface area (Å²) >= 11 is 0. The van der Waals surface area contributed by atoms with Crippen LogP contribution in [0, 0.1) is 23.6 Å². The van der Waals surface area contributed by atoms with Crippen molar-refractivity contribution in [3.8, 4) is 0 Å². The van der Waals surface area contributed by atoms with Crippen molar-refractivity contribution >= 4 is 23.4 Å². The molecule has 5 aliphatic heterocycles. The average molecular weight is 1140 g/mol. The molecule has 0 aliphatic carbocycles. The number of benzene rings is 1. The number of hydrogen-bond donors (Lipinski definition) is 5. The maximum Gasteiger partial charge on any atom is 0.414 e. The van der Waals surface area contributed by atoms with Gasteiger partial charge in [0.15, 0.2) is 12.6 Å². The van der Waals surface area contributed by atoms with Crippen molar-refractivity contribution in [3.05, 3.63) is 35.9 Å². The predicted octanol–water partition coefficient (Wildman–Crippen LogP) is 3.89. The molecule has 80 heavy (non-hydrogen) atoms. The summed E-state index contributed by atoms with van der Waals surface area (Å²) in [6.45, 7) is 21.3. The molecule has 2 aromatic rings. The highest BCUT2D eigenvalue weighted by Crippen LogP contribution is 2.41. The summed E-state index contributed by atoms with van der Waals surface area (Å²) in [6.07, 6.45) is -6.26. The van der Waals surface area contributed by atoms with Gasteiger partial charge in [0, 0.05) is 57.4 Å². The zero-order chi connectivity index (χ0) is 58.6. The Morgan fingerprint density at radius 3 is 2.31 bits per heavy atom. The second kappa shape index (κ2) is 26.9. The minimum Gasteiger partial charge on any atom is -0.459 e. The number of aliphatic hydroxyl groups is 5. The molecule has 6 heterocycles. The molecule has 0 saturated carbocycles. The van der Waals surface area contributed by atoms with E-state index in [9.17, 15) is 35.1 Å². The summed E-state index contributed by atoms with van der Waals surface area (Å²) in [7, 11) is 5.28. The molecule has 1 unspecified atom stereocenters. The number of ether oxygens (including phenoxy) is 8. The van der Waals surface area contributed by atoms with Crippen LogP contribution in [0.25, 0.3) is 0 Å². The van der Waals surface area contributed by atoms with Gasteiger partial charge in [0.25, 0.3) is 0 Å². The van der Waals surface area contributed by atoms with Crippen LogP contribution >= 0.6 is 0 Å². The number of rotatable bonds is 16. The van der Waals surface area contributed by atoms with Crippen molar-refractivity contribution in [3.63, 3.8) is 0 Å². The lowest BCUT2D eigenvalue weighted by molar-refractivity contribution is -0.318. The Morgan fingerprint density at radius 1 is 0.925 bits per heavy atom. The third kappa shape index (κ3) is 14.8. The summed E-state index contributed by atoms with van der Waals surface area (Å²) < 4.78 is 66.3. The standard InChI is InChI=1S/C57H94FN7O15/c1-14-45-57(10,72)49(67)37(6)62(12)29-33(2)27-55(8,71)51(35(4)48(36(5)52(69)78-45)79-46-28-56(9,73-13)50(68)38(7)76-46)80-53-47(66)44(25-34(3)75-53)61(11)20-16-15-17-39-30-64(60-59-39)31-41-32-65(54(70)77-41)40-18-19-43(42(58)26-40)63-21-23-74-24-22-63/h18-19,26,30,33-38,41,44-51,53,66-68,71-72H,14-17,20-25,27-29,31-32H2,1-13H3/t33-,34-,35+,36-,37-,38+,41+,44+,45-,46+,47-,48+,49-,50+,51-,53?,55-,56-,57-/m1/s1. The molecule has 0 bridgehead atoms. The second-order valence-electron chi connectivity index (χ2n) is 24.4. The van der Waals surface area contributed by atoms with Crippen molar-refractivity contribution in [2.45, 2.75) is 217 Å². The maximum atomic E-state index is 15.2. The number of aryl methyl sites for hydroxylation is 1. The number of esters is 1. The zero-order valence-electron chi connectivity index (χ0n) is 49.5. The van der Waals surface area contributed by atoms with Crippen LogP contribution in [0.15, 0.2) is 24.4 Å². The molecule has 0 spiro atoms. The number of aromatic nitrogens is 3. The van der Waals surface area contributed by atoms with Gasteiger partial charge < -0.3 is 78.1 Å². The quantitative estimate of drug-likeness (QED) is 0.118. The number of aliphatic hydroxyl groups excluding tert-OH is 3. The topological polar surface area (TPSA) is 253 Å². The lowest BCUT2D eigenvalue weighted by Gasteiger charge is -2.49. The van der Waals surface area contributed by atoms with Gasteiger partial charge >= 0.3 is 12.1 Å². The summed E-state index contributed by atoms with van der Waals surface area (Å²) in [6, 6.07) is 3.79. The van der Waals surface area contributed by atoms with Gasteiger partial charge in [-0.2, -0.15) is 0 Å². The van der Waals surface area contributed by atoms with Crippen LogP contribution in [0.4, 0.5) is 20.6 Å². The first-order chi connectivity index (χ1) is 37.7. The molecule has 5 saturated heterocycles. The van der Waals surface area contributed by atoms with E-state index in [1.54, 1.807) is 58.4 Å². The van der Waals surface area contributed by atoms with Crippen LogP contribution in [-0.4, -0.2) is 226 Å². The Labute approximate surface area is 472 Å². The third-order valence-electron chi connectivity index (χ3n) is 17.7. The van der Waals surface area contributed by atoms with Crippen molar-refractivity contribution in [1.82, 2.24) is 24.8 Å². The zero-order valence-corrected chi connectivity index (χ0v) is 49.5. The number of morpholine rings is 1. The van der Waals surface area contributed by atoms with E-state index in [4.69, 9.17) is 37.9 Å². The highest BCUT2D eigenvalue weighted by atomic mass is 19.1. The first-order valence-corrected chi connectivity index (χ1v) is 28.9. The molecule has 19 atom stereocenters. The predicted molar refractivity (Wildman–Crippen MR) is 293 cm³/mol. The number of amides is 1. The van der Waals surface area contributed by atoms with Gasteiger partial charge in [-0.25, -0.2) is 13.9 Å². The number of likely N-dealkylation sites (N-methyl/N-ethyl adjacent to an activating group) is 2. The minimum absolute atomic E-state index is 0.0910. The maximum absolute atomic E-state index is 15.2. The molecule has 22 nitrogen and oxygen atoms in total. The Bertz CT molecular complexity index is 2330. The summed E-state index contributed by atoms with van der Waals surface area (Å²) in [5.74, 6) is -3.24. The first kappa shape index (κ1) is 63.9. The van der Waals surface area contributed by atoms with Crippen LogP contribution in [-0.2, 0) is 55.7 Å². The Morgan fingerprint density at radius 2 is 1.64 bits per heavy atom. The molecule has 23 heteroatoms. The van der Waals surface area contributed by atoms with Crippen LogP contribution < -0.4 is 9.80 Å². The van der Waals surface area contributed by atoms with E-state index < -0.39 is 120 Å². The number of methoxy groups -OCH3 is 1. The fraction of sp³-hybridized carbons (Fsp3) is 0.825. The molecule has 1 amide bonds. The summed E-state index contributed by atoms with van der Waals surface area (Å²) in [5, 5.41) is 68.5. The molecule has 1 aromatic carbocycles. The normalized spacial score (nSPS) is 39.5. The number of unbranched alkanes of at least 4 members (excludes halogenated alkanes) is 1. The van der Waals surface area contributed by atoms with Crippen molar-refractivity contribution in [2.75, 3.05) is 76.9 Å². The van der Waals surface area contributed by atoms with Crippen molar-refractivity contribution in [1.29, 1.82) is 0 Å². The van der Waals surface area contributed by atoms with Crippen LogP contribution in [0.2, 0.25) is 0 Å². The van der Waals surface area contributed by atoms with Gasteiger partial charge in [0.2, 0.25) is 0 Å². The second-order valence-corrected chi connectivity index (χ2v) is 24.4. The largest absolute Gasteiger partial charge is 0.459 e. The lowest BCUT2D eigenvalue weighted by Crippen LogP contribution is -2.60. The summed E-state index contributed by atoms with van der Waals surface area (Å²) in [4.78, 5) is 34.8. The molecule has 5 aliphatic rings. The molecule has 5 fully saturated rings. The number of anilines is 2. The highest BCUT2D eigenvalue weighted by Gasteiger charge is 2.53. The molecule has 7 rings (SSSR count). The number of carbonyl (C=O) groups is 2. The lowest BCUT2D eigenvalue weighted by atomic mass is 9.77. The van der Waals surface area contributed by atoms with Crippen LogP contribution in [0.1, 0.15) is 113 Å². The third-order valence-corrected chi connectivity index (χ3v) is 17.7. The average Bonchev–Trinajstić information content (AvgIpc) is 4.03.